The van der Waals surface area contributed by atoms with Crippen molar-refractivity contribution in [2.45, 2.75) is 76.4 Å². The van der Waals surface area contributed by atoms with Crippen LogP contribution in [0, 0.1) is 5.41 Å². The van der Waals surface area contributed by atoms with E-state index in [0.29, 0.717) is 25.7 Å². The summed E-state index contributed by atoms with van der Waals surface area (Å²) in [5.74, 6) is -3.88. The third kappa shape index (κ3) is 7.65. The predicted octanol–water partition coefficient (Wildman–Crippen LogP) is 1.01. The topological polar surface area (TPSA) is 176 Å². The smallest absolute Gasteiger partial charge is 0.326 e. The van der Waals surface area contributed by atoms with Crippen LogP contribution in [0.3, 0.4) is 0 Å². The number of Topliss-reactive ketones (excluding diaryl/α,β-unsaturated/α-hetero) is 1. The zero-order valence-corrected chi connectivity index (χ0v) is 19.3. The highest BCUT2D eigenvalue weighted by atomic mass is 16.4. The minimum absolute atomic E-state index is 0.0949. The highest BCUT2D eigenvalue weighted by molar-refractivity contribution is 5.96. The van der Waals surface area contributed by atoms with Gasteiger partial charge in [-0.25, -0.2) is 4.79 Å². The molecule has 1 fully saturated rings. The normalized spacial score (nSPS) is 17.2. The van der Waals surface area contributed by atoms with Crippen molar-refractivity contribution < 1.29 is 34.2 Å². The summed E-state index contributed by atoms with van der Waals surface area (Å²) in [7, 11) is 0. The molecular formula is C24H33N3O7. The van der Waals surface area contributed by atoms with Crippen LogP contribution in [0.1, 0.15) is 57.4 Å². The average molecular weight is 476 g/mol. The number of carboxylic acids is 2. The van der Waals surface area contributed by atoms with Gasteiger partial charge in [0.15, 0.2) is 5.78 Å². The van der Waals surface area contributed by atoms with Crippen LogP contribution in [-0.2, 0) is 30.4 Å². The standard InChI is InChI=1S/C24H33N3O7/c1-15(25)21(31)26-17(9-10-20(29)30)19(28)14-24(11-5-6-12-24)23(34)27-18(22(32)33)13-16-7-3-2-4-8-16/h2-4,7-8,15,17-18H,5-6,9-14,25H2,1H3,(H,26,31)(H,27,34)(H,29,30)(H,32,33)/t15-,17-,18-/m0/s1. The molecule has 1 aliphatic carbocycles. The van der Waals surface area contributed by atoms with Crippen LogP contribution in [0.15, 0.2) is 30.3 Å². The van der Waals surface area contributed by atoms with Crippen molar-refractivity contribution in [1.82, 2.24) is 10.6 Å². The molecule has 0 aromatic heterocycles. The molecule has 0 radical (unpaired) electrons. The Labute approximate surface area is 198 Å². The van der Waals surface area contributed by atoms with Gasteiger partial charge in [-0.2, -0.15) is 0 Å². The summed E-state index contributed by atoms with van der Waals surface area (Å²) >= 11 is 0. The van der Waals surface area contributed by atoms with Crippen molar-refractivity contribution in [2.24, 2.45) is 11.1 Å². The molecule has 1 aliphatic rings. The number of hydrogen-bond donors (Lipinski definition) is 5. The van der Waals surface area contributed by atoms with Gasteiger partial charge in [-0.3, -0.25) is 19.2 Å². The van der Waals surface area contributed by atoms with Crippen LogP contribution < -0.4 is 16.4 Å². The molecule has 10 nitrogen and oxygen atoms in total. The highest BCUT2D eigenvalue weighted by Crippen LogP contribution is 2.42. The molecule has 34 heavy (non-hydrogen) atoms. The molecular weight excluding hydrogens is 442 g/mol. The van der Waals surface area contributed by atoms with Crippen LogP contribution in [0.25, 0.3) is 0 Å². The van der Waals surface area contributed by atoms with E-state index in [1.807, 2.05) is 6.07 Å². The van der Waals surface area contributed by atoms with Gasteiger partial charge in [-0.05, 0) is 31.7 Å². The maximum atomic E-state index is 13.3. The maximum absolute atomic E-state index is 13.3. The Hall–Kier alpha value is -3.27. The second-order valence-corrected chi connectivity index (χ2v) is 8.97. The molecule has 0 saturated heterocycles. The number of carbonyl (C=O) groups excluding carboxylic acids is 3. The van der Waals surface area contributed by atoms with E-state index in [-0.39, 0.29) is 25.7 Å². The molecule has 10 heteroatoms. The number of ketones is 1. The lowest BCUT2D eigenvalue weighted by molar-refractivity contribution is -0.144. The van der Waals surface area contributed by atoms with E-state index in [4.69, 9.17) is 10.8 Å². The number of nitrogens with one attached hydrogen (secondary N) is 2. The predicted molar refractivity (Wildman–Crippen MR) is 123 cm³/mol. The van der Waals surface area contributed by atoms with Gasteiger partial charge >= 0.3 is 11.9 Å². The Morgan fingerprint density at radius 1 is 1.00 bits per heavy atom. The quantitative estimate of drug-likeness (QED) is 0.281. The summed E-state index contributed by atoms with van der Waals surface area (Å²) in [5, 5.41) is 23.8. The molecule has 0 spiro atoms. The van der Waals surface area contributed by atoms with Gasteiger partial charge in [-0.1, -0.05) is 43.2 Å². The van der Waals surface area contributed by atoms with Crippen molar-refractivity contribution in [3.05, 3.63) is 35.9 Å². The van der Waals surface area contributed by atoms with Gasteiger partial charge in [0.1, 0.15) is 6.04 Å². The van der Waals surface area contributed by atoms with Gasteiger partial charge in [0.25, 0.3) is 0 Å². The zero-order valence-electron chi connectivity index (χ0n) is 19.3. The first-order valence-corrected chi connectivity index (χ1v) is 11.4. The number of hydrogen-bond acceptors (Lipinski definition) is 6. The molecule has 2 rings (SSSR count). The Kier molecular flexibility index (Phi) is 9.73. The minimum atomic E-state index is -1.18. The average Bonchev–Trinajstić information content (AvgIpc) is 3.26. The van der Waals surface area contributed by atoms with Gasteiger partial charge in [0.05, 0.1) is 17.5 Å². The zero-order chi connectivity index (χ0) is 25.3. The summed E-state index contributed by atoms with van der Waals surface area (Å²) in [5.41, 5.74) is 5.21. The summed E-state index contributed by atoms with van der Waals surface area (Å²) in [6.07, 6.45) is 1.59. The summed E-state index contributed by atoms with van der Waals surface area (Å²) in [4.78, 5) is 61.4. The van der Waals surface area contributed by atoms with Gasteiger partial charge < -0.3 is 26.6 Å². The SMILES string of the molecule is C[C@H](N)C(=O)N[C@@H](CCC(=O)O)C(=O)CC1(C(=O)N[C@@H](Cc2ccccc2)C(=O)O)CCCC1. The Morgan fingerprint density at radius 3 is 2.15 bits per heavy atom. The number of aliphatic carboxylic acids is 2. The van der Waals surface area contributed by atoms with Crippen molar-refractivity contribution in [3.8, 4) is 0 Å². The lowest BCUT2D eigenvalue weighted by Gasteiger charge is -2.30. The third-order valence-corrected chi connectivity index (χ3v) is 6.21. The van der Waals surface area contributed by atoms with Crippen LogP contribution in [0.4, 0.5) is 0 Å². The molecule has 1 saturated carbocycles. The Balaban J connectivity index is 2.17. The summed E-state index contributed by atoms with van der Waals surface area (Å²) in [6, 6.07) is 5.75. The number of carbonyl (C=O) groups is 5. The number of carboxylic acid groups (broad SMARTS) is 2. The van der Waals surface area contributed by atoms with E-state index in [1.165, 1.54) is 6.92 Å². The third-order valence-electron chi connectivity index (χ3n) is 6.21. The van der Waals surface area contributed by atoms with Gasteiger partial charge in [-0.15, -0.1) is 0 Å². The number of nitrogens with two attached hydrogens (primary N) is 1. The molecule has 186 valence electrons. The van der Waals surface area contributed by atoms with Gasteiger partial charge in [0.2, 0.25) is 11.8 Å². The molecule has 3 atom stereocenters. The monoisotopic (exact) mass is 475 g/mol. The second kappa shape index (κ2) is 12.3. The van der Waals surface area contributed by atoms with Crippen molar-refractivity contribution in [1.29, 1.82) is 0 Å². The molecule has 1 aromatic rings. The molecule has 6 N–H and O–H groups in total. The molecule has 0 aliphatic heterocycles. The first kappa shape index (κ1) is 27.0. The van der Waals surface area contributed by atoms with E-state index in [2.05, 4.69) is 10.6 Å². The summed E-state index contributed by atoms with van der Waals surface area (Å²) in [6.45, 7) is 1.44. The molecule has 0 bridgehead atoms. The van der Waals surface area contributed by atoms with E-state index in [0.717, 1.165) is 5.56 Å². The maximum Gasteiger partial charge on any atom is 0.326 e. The lowest BCUT2D eigenvalue weighted by atomic mass is 9.78. The molecule has 0 unspecified atom stereocenters. The van der Waals surface area contributed by atoms with E-state index in [1.54, 1.807) is 24.3 Å². The second-order valence-electron chi connectivity index (χ2n) is 8.97. The van der Waals surface area contributed by atoms with E-state index in [9.17, 15) is 29.1 Å². The van der Waals surface area contributed by atoms with Crippen LogP contribution in [0.2, 0.25) is 0 Å². The fourth-order valence-corrected chi connectivity index (χ4v) is 4.24. The fraction of sp³-hybridized carbons (Fsp3) is 0.542. The van der Waals surface area contributed by atoms with Crippen molar-refractivity contribution >= 4 is 29.5 Å². The van der Waals surface area contributed by atoms with E-state index >= 15 is 0 Å². The van der Waals surface area contributed by atoms with Crippen LogP contribution in [-0.4, -0.2) is 57.9 Å². The first-order valence-electron chi connectivity index (χ1n) is 11.4. The van der Waals surface area contributed by atoms with Crippen LogP contribution >= 0.6 is 0 Å². The molecule has 2 amide bonds. The van der Waals surface area contributed by atoms with Gasteiger partial charge in [0, 0.05) is 19.3 Å². The summed E-state index contributed by atoms with van der Waals surface area (Å²) < 4.78 is 0. The fourth-order valence-electron chi connectivity index (χ4n) is 4.24. The van der Waals surface area contributed by atoms with E-state index < -0.39 is 53.1 Å². The highest BCUT2D eigenvalue weighted by Gasteiger charge is 2.45. The number of amides is 2. The number of benzene rings is 1. The Bertz CT molecular complexity index is 895. The van der Waals surface area contributed by atoms with Crippen molar-refractivity contribution in [3.63, 3.8) is 0 Å². The number of rotatable bonds is 13. The molecule has 1 aromatic carbocycles. The lowest BCUT2D eigenvalue weighted by Crippen LogP contribution is -2.52. The van der Waals surface area contributed by atoms with Crippen molar-refractivity contribution in [2.75, 3.05) is 0 Å². The molecule has 0 heterocycles. The minimum Gasteiger partial charge on any atom is -0.481 e. The first-order chi connectivity index (χ1) is 16.0. The Morgan fingerprint density at radius 2 is 1.62 bits per heavy atom. The van der Waals surface area contributed by atoms with Crippen LogP contribution in [0.5, 0.6) is 0 Å². The largest absolute Gasteiger partial charge is 0.481 e.